The van der Waals surface area contributed by atoms with E-state index in [0.717, 1.165) is 5.56 Å². The Morgan fingerprint density at radius 3 is 2.48 bits per heavy atom. The highest BCUT2D eigenvalue weighted by molar-refractivity contribution is 5.89. The summed E-state index contributed by atoms with van der Waals surface area (Å²) in [6, 6.07) is 6.04. The van der Waals surface area contributed by atoms with Crippen molar-refractivity contribution in [3.63, 3.8) is 0 Å². The summed E-state index contributed by atoms with van der Waals surface area (Å²) >= 11 is 0. The topological polar surface area (TPSA) is 76.1 Å². The average molecular weight is 379 g/mol. The zero-order chi connectivity index (χ0) is 19.5. The lowest BCUT2D eigenvalue weighted by molar-refractivity contribution is -0.161. The van der Waals surface area contributed by atoms with E-state index in [-0.39, 0.29) is 24.9 Å². The van der Waals surface area contributed by atoms with Gasteiger partial charge in [0.05, 0.1) is 12.0 Å². The van der Waals surface area contributed by atoms with Crippen molar-refractivity contribution in [1.29, 1.82) is 0 Å². The molecule has 1 aromatic carbocycles. The Balaban J connectivity index is 1.92. The number of benzene rings is 1. The van der Waals surface area contributed by atoms with E-state index >= 15 is 0 Å². The van der Waals surface area contributed by atoms with Crippen LogP contribution >= 0.6 is 0 Å². The molecule has 2 aliphatic rings. The predicted octanol–water partition coefficient (Wildman–Crippen LogP) is 2.21. The van der Waals surface area contributed by atoms with E-state index in [1.807, 2.05) is 0 Å². The Bertz CT molecular complexity index is 682. The second-order valence-corrected chi connectivity index (χ2v) is 7.55. The molecule has 3 rings (SSSR count). The van der Waals surface area contributed by atoms with E-state index in [2.05, 4.69) is 0 Å². The molecule has 6 nitrogen and oxygen atoms in total. The number of rotatable bonds is 5. The number of likely N-dealkylation sites (tertiary alicyclic amines) is 1. The van der Waals surface area contributed by atoms with Gasteiger partial charge in [0.25, 0.3) is 0 Å². The number of carboxylic acids is 1. The Hall–Kier alpha value is -1.99. The lowest BCUT2D eigenvalue weighted by Gasteiger charge is -2.45. The zero-order valence-corrected chi connectivity index (χ0v) is 15.6. The fourth-order valence-corrected chi connectivity index (χ4v) is 4.35. The summed E-state index contributed by atoms with van der Waals surface area (Å²) < 4.78 is 24.0. The normalized spacial score (nSPS) is 25.2. The van der Waals surface area contributed by atoms with Gasteiger partial charge in [0.2, 0.25) is 5.91 Å². The molecule has 148 valence electrons. The van der Waals surface area contributed by atoms with Crippen LogP contribution in [-0.4, -0.2) is 61.9 Å². The van der Waals surface area contributed by atoms with Crippen molar-refractivity contribution in [2.75, 3.05) is 40.0 Å². The minimum Gasteiger partial charge on any atom is -0.481 e. The molecule has 1 unspecified atom stereocenters. The number of hydrogen-bond donors (Lipinski definition) is 1. The predicted molar refractivity (Wildman–Crippen MR) is 95.9 cm³/mol. The van der Waals surface area contributed by atoms with Gasteiger partial charge in [-0.25, -0.2) is 4.39 Å². The fourth-order valence-electron chi connectivity index (χ4n) is 4.35. The summed E-state index contributed by atoms with van der Waals surface area (Å²) in [4.78, 5) is 27.2. The highest BCUT2D eigenvalue weighted by Crippen LogP contribution is 2.39. The third kappa shape index (κ3) is 3.71. The van der Waals surface area contributed by atoms with E-state index in [0.29, 0.717) is 45.4 Å². The van der Waals surface area contributed by atoms with Crippen LogP contribution in [0.2, 0.25) is 0 Å². The lowest BCUT2D eigenvalue weighted by atomic mass is 9.71. The molecule has 2 heterocycles. The van der Waals surface area contributed by atoms with Crippen molar-refractivity contribution in [1.82, 2.24) is 4.90 Å². The van der Waals surface area contributed by atoms with Gasteiger partial charge in [0.1, 0.15) is 11.2 Å². The number of amides is 1. The third-order valence-electron chi connectivity index (χ3n) is 5.89. The SMILES string of the molecule is COCC1(C(=O)O)CCCN(C(=O)C2(c3ccc(F)cc3)CCOCC2)C1. The molecule has 1 amide bonds. The first kappa shape index (κ1) is 19.8. The molecule has 0 radical (unpaired) electrons. The van der Waals surface area contributed by atoms with Crippen molar-refractivity contribution < 1.29 is 28.6 Å². The van der Waals surface area contributed by atoms with Gasteiger partial charge in [-0.15, -0.1) is 0 Å². The first-order valence-corrected chi connectivity index (χ1v) is 9.29. The van der Waals surface area contributed by atoms with Crippen LogP contribution in [0.15, 0.2) is 24.3 Å². The second kappa shape index (κ2) is 7.94. The summed E-state index contributed by atoms with van der Waals surface area (Å²) in [5.41, 5.74) is -1.13. The maximum absolute atomic E-state index is 13.6. The Kier molecular flexibility index (Phi) is 5.81. The molecule has 1 N–H and O–H groups in total. The summed E-state index contributed by atoms with van der Waals surface area (Å²) in [7, 11) is 1.48. The summed E-state index contributed by atoms with van der Waals surface area (Å²) in [5, 5.41) is 9.76. The number of halogens is 1. The smallest absolute Gasteiger partial charge is 0.313 e. The maximum atomic E-state index is 13.6. The number of carbonyl (C=O) groups excluding carboxylic acids is 1. The van der Waals surface area contributed by atoms with Crippen molar-refractivity contribution in [2.24, 2.45) is 5.41 Å². The van der Waals surface area contributed by atoms with Gasteiger partial charge >= 0.3 is 5.97 Å². The molecular weight excluding hydrogens is 353 g/mol. The van der Waals surface area contributed by atoms with E-state index in [1.54, 1.807) is 17.0 Å². The molecule has 1 atom stereocenters. The quantitative estimate of drug-likeness (QED) is 0.849. The number of ether oxygens (including phenoxy) is 2. The van der Waals surface area contributed by atoms with Gasteiger partial charge in [0.15, 0.2) is 0 Å². The first-order chi connectivity index (χ1) is 12.9. The monoisotopic (exact) mass is 379 g/mol. The summed E-state index contributed by atoms with van der Waals surface area (Å²) in [6.45, 7) is 1.59. The first-order valence-electron chi connectivity index (χ1n) is 9.29. The fraction of sp³-hybridized carbons (Fsp3) is 0.600. The van der Waals surface area contributed by atoms with Crippen LogP contribution in [0.5, 0.6) is 0 Å². The van der Waals surface area contributed by atoms with Crippen molar-refractivity contribution in [3.05, 3.63) is 35.6 Å². The van der Waals surface area contributed by atoms with Crippen molar-refractivity contribution >= 4 is 11.9 Å². The molecule has 0 aliphatic carbocycles. The number of aliphatic carboxylic acids is 1. The number of carbonyl (C=O) groups is 2. The van der Waals surface area contributed by atoms with Gasteiger partial charge in [-0.3, -0.25) is 9.59 Å². The molecule has 0 aromatic heterocycles. The van der Waals surface area contributed by atoms with E-state index < -0.39 is 16.8 Å². The highest BCUT2D eigenvalue weighted by Gasteiger charge is 2.49. The molecule has 2 saturated heterocycles. The molecule has 0 saturated carbocycles. The Labute approximate surface area is 158 Å². The number of carboxylic acid groups (broad SMARTS) is 1. The molecule has 7 heteroatoms. The van der Waals surface area contributed by atoms with E-state index in [4.69, 9.17) is 9.47 Å². The lowest BCUT2D eigenvalue weighted by Crippen LogP contribution is -2.57. The van der Waals surface area contributed by atoms with Gasteiger partial charge in [-0.1, -0.05) is 12.1 Å². The van der Waals surface area contributed by atoms with Gasteiger partial charge in [-0.05, 0) is 43.4 Å². The van der Waals surface area contributed by atoms with E-state index in [1.165, 1.54) is 19.2 Å². The van der Waals surface area contributed by atoms with Crippen LogP contribution < -0.4 is 0 Å². The van der Waals surface area contributed by atoms with Crippen LogP contribution in [0.25, 0.3) is 0 Å². The molecular formula is C20H26FNO5. The average Bonchev–Trinajstić information content (AvgIpc) is 2.69. The Morgan fingerprint density at radius 2 is 1.89 bits per heavy atom. The largest absolute Gasteiger partial charge is 0.481 e. The zero-order valence-electron chi connectivity index (χ0n) is 15.6. The molecule has 0 spiro atoms. The van der Waals surface area contributed by atoms with Crippen LogP contribution in [0.1, 0.15) is 31.2 Å². The van der Waals surface area contributed by atoms with Gasteiger partial charge in [0, 0.05) is 33.4 Å². The van der Waals surface area contributed by atoms with Crippen LogP contribution in [0.3, 0.4) is 0 Å². The molecule has 1 aromatic rings. The third-order valence-corrected chi connectivity index (χ3v) is 5.89. The summed E-state index contributed by atoms with van der Waals surface area (Å²) in [5.74, 6) is -1.39. The molecule has 2 aliphatic heterocycles. The standard InChI is InChI=1S/C20H26FNO5/c1-26-14-19(18(24)25)7-2-10-22(13-19)17(23)20(8-11-27-12-9-20)15-3-5-16(21)6-4-15/h3-6H,2,7-14H2,1H3,(H,24,25). The number of nitrogens with zero attached hydrogens (tertiary/aromatic N) is 1. The number of methoxy groups -OCH3 is 1. The van der Waals surface area contributed by atoms with E-state index in [9.17, 15) is 19.1 Å². The summed E-state index contributed by atoms with van der Waals surface area (Å²) in [6.07, 6.45) is 2.08. The van der Waals surface area contributed by atoms with Crippen LogP contribution in [0, 0.1) is 11.2 Å². The molecule has 0 bridgehead atoms. The van der Waals surface area contributed by atoms with Crippen LogP contribution in [-0.2, 0) is 24.5 Å². The number of piperidine rings is 1. The van der Waals surface area contributed by atoms with Crippen molar-refractivity contribution in [3.8, 4) is 0 Å². The maximum Gasteiger partial charge on any atom is 0.313 e. The van der Waals surface area contributed by atoms with Crippen LogP contribution in [0.4, 0.5) is 4.39 Å². The number of hydrogen-bond acceptors (Lipinski definition) is 4. The highest BCUT2D eigenvalue weighted by atomic mass is 19.1. The van der Waals surface area contributed by atoms with Gasteiger partial charge < -0.3 is 19.5 Å². The Morgan fingerprint density at radius 1 is 1.22 bits per heavy atom. The minimum absolute atomic E-state index is 0.0682. The van der Waals surface area contributed by atoms with Crippen molar-refractivity contribution in [2.45, 2.75) is 31.1 Å². The molecule has 2 fully saturated rings. The molecule has 27 heavy (non-hydrogen) atoms. The minimum atomic E-state index is -1.09. The second-order valence-electron chi connectivity index (χ2n) is 7.55. The van der Waals surface area contributed by atoms with Gasteiger partial charge in [-0.2, -0.15) is 0 Å².